The highest BCUT2D eigenvalue weighted by Crippen LogP contribution is 2.25. The highest BCUT2D eigenvalue weighted by Gasteiger charge is 2.15. The standard InChI is InChI=1S/C18H24N6O/c1-2-5-13(8-11-25)21-17-16-15(22-18(19)23-17)7-10-24(16)12-14-6-3-4-9-20-14/h3-4,6-7,9-10,13,25H,2,5,8,11-12H2,1H3,(H3,19,21,22,23). The van der Waals surface area contributed by atoms with E-state index in [1.807, 2.05) is 30.5 Å². The van der Waals surface area contributed by atoms with Crippen molar-refractivity contribution in [3.63, 3.8) is 0 Å². The molecule has 0 fully saturated rings. The number of hydrogen-bond donors (Lipinski definition) is 3. The molecule has 0 saturated heterocycles. The van der Waals surface area contributed by atoms with Crippen LogP contribution in [0.3, 0.4) is 0 Å². The first-order valence-corrected chi connectivity index (χ1v) is 8.61. The number of fused-ring (bicyclic) bond motifs is 1. The van der Waals surface area contributed by atoms with Crippen LogP contribution >= 0.6 is 0 Å². The van der Waals surface area contributed by atoms with Gasteiger partial charge in [0.25, 0.3) is 0 Å². The van der Waals surface area contributed by atoms with Crippen LogP contribution < -0.4 is 11.1 Å². The van der Waals surface area contributed by atoms with Gasteiger partial charge in [-0.15, -0.1) is 0 Å². The van der Waals surface area contributed by atoms with Crippen LogP contribution in [0.2, 0.25) is 0 Å². The molecule has 3 rings (SSSR count). The van der Waals surface area contributed by atoms with Crippen LogP contribution in [0.1, 0.15) is 31.9 Å². The zero-order chi connectivity index (χ0) is 17.6. The number of nitrogens with zero attached hydrogens (tertiary/aromatic N) is 4. The van der Waals surface area contributed by atoms with Crippen molar-refractivity contribution in [3.05, 3.63) is 42.4 Å². The topological polar surface area (TPSA) is 102 Å². The molecule has 7 nitrogen and oxygen atoms in total. The maximum Gasteiger partial charge on any atom is 0.222 e. The minimum Gasteiger partial charge on any atom is -0.396 e. The Morgan fingerprint density at radius 3 is 2.84 bits per heavy atom. The van der Waals surface area contributed by atoms with E-state index in [1.54, 1.807) is 6.20 Å². The number of hydrogen-bond acceptors (Lipinski definition) is 6. The number of pyridine rings is 1. The fraction of sp³-hybridized carbons (Fsp3) is 0.389. The van der Waals surface area contributed by atoms with Crippen LogP contribution in [-0.4, -0.2) is 37.3 Å². The van der Waals surface area contributed by atoms with Gasteiger partial charge in [-0.2, -0.15) is 4.98 Å². The first-order chi connectivity index (χ1) is 12.2. The maximum atomic E-state index is 9.31. The zero-order valence-electron chi connectivity index (χ0n) is 14.4. The summed E-state index contributed by atoms with van der Waals surface area (Å²) in [4.78, 5) is 13.1. The van der Waals surface area contributed by atoms with Gasteiger partial charge in [-0.3, -0.25) is 4.98 Å². The third kappa shape index (κ3) is 4.06. The molecule has 0 aliphatic carbocycles. The van der Waals surface area contributed by atoms with Crippen LogP contribution in [0.5, 0.6) is 0 Å². The van der Waals surface area contributed by atoms with Crippen molar-refractivity contribution in [2.24, 2.45) is 0 Å². The molecule has 0 amide bonds. The molecule has 0 radical (unpaired) electrons. The molecule has 25 heavy (non-hydrogen) atoms. The van der Waals surface area contributed by atoms with Gasteiger partial charge in [0.15, 0.2) is 5.82 Å². The smallest absolute Gasteiger partial charge is 0.222 e. The number of nitrogen functional groups attached to an aromatic ring is 1. The SMILES string of the molecule is CCCC(CCO)Nc1nc(N)nc2ccn(Cc3ccccn3)c12. The van der Waals surface area contributed by atoms with Crippen LogP contribution in [-0.2, 0) is 6.54 Å². The number of nitrogens with two attached hydrogens (primary N) is 1. The number of anilines is 2. The van der Waals surface area contributed by atoms with E-state index in [2.05, 4.69) is 31.8 Å². The fourth-order valence-electron chi connectivity index (χ4n) is 3.01. The van der Waals surface area contributed by atoms with Crippen LogP contribution in [0.4, 0.5) is 11.8 Å². The van der Waals surface area contributed by atoms with Crippen LogP contribution in [0.15, 0.2) is 36.7 Å². The molecule has 0 spiro atoms. The number of aliphatic hydroxyl groups is 1. The van der Waals surface area contributed by atoms with Gasteiger partial charge in [0.05, 0.1) is 17.8 Å². The fourth-order valence-corrected chi connectivity index (χ4v) is 3.01. The minimum atomic E-state index is 0.135. The molecule has 3 aromatic heterocycles. The van der Waals surface area contributed by atoms with Crippen molar-refractivity contribution in [2.45, 2.75) is 38.8 Å². The minimum absolute atomic E-state index is 0.135. The van der Waals surface area contributed by atoms with E-state index in [-0.39, 0.29) is 18.6 Å². The molecule has 0 aliphatic rings. The van der Waals surface area contributed by atoms with E-state index in [1.165, 1.54) is 0 Å². The molecule has 0 saturated carbocycles. The molecule has 0 aliphatic heterocycles. The summed E-state index contributed by atoms with van der Waals surface area (Å²) in [5.74, 6) is 0.945. The third-order valence-corrected chi connectivity index (χ3v) is 4.14. The molecule has 7 heteroatoms. The van der Waals surface area contributed by atoms with E-state index in [0.29, 0.717) is 18.8 Å². The van der Waals surface area contributed by atoms with E-state index in [9.17, 15) is 5.11 Å². The van der Waals surface area contributed by atoms with E-state index >= 15 is 0 Å². The van der Waals surface area contributed by atoms with Gasteiger partial charge in [0.2, 0.25) is 5.95 Å². The molecule has 0 bridgehead atoms. The molecular weight excluding hydrogens is 316 g/mol. The zero-order valence-corrected chi connectivity index (χ0v) is 14.4. The van der Waals surface area contributed by atoms with E-state index in [4.69, 9.17) is 5.73 Å². The predicted molar refractivity (Wildman–Crippen MR) is 99.3 cm³/mol. The van der Waals surface area contributed by atoms with Crippen molar-refractivity contribution >= 4 is 22.8 Å². The second kappa shape index (κ2) is 7.94. The van der Waals surface area contributed by atoms with Gasteiger partial charge in [-0.1, -0.05) is 19.4 Å². The van der Waals surface area contributed by atoms with Gasteiger partial charge in [0.1, 0.15) is 5.52 Å². The van der Waals surface area contributed by atoms with Crippen molar-refractivity contribution in [1.82, 2.24) is 19.5 Å². The van der Waals surface area contributed by atoms with Crippen molar-refractivity contribution in [2.75, 3.05) is 17.7 Å². The number of rotatable bonds is 8. The summed E-state index contributed by atoms with van der Waals surface area (Å²) in [5, 5.41) is 12.8. The summed E-state index contributed by atoms with van der Waals surface area (Å²) < 4.78 is 2.07. The van der Waals surface area contributed by atoms with Crippen molar-refractivity contribution in [1.29, 1.82) is 0 Å². The van der Waals surface area contributed by atoms with Crippen molar-refractivity contribution < 1.29 is 5.11 Å². The van der Waals surface area contributed by atoms with Gasteiger partial charge in [0, 0.05) is 25.0 Å². The number of nitrogens with one attached hydrogen (secondary N) is 1. The summed E-state index contributed by atoms with van der Waals surface area (Å²) in [6, 6.07) is 7.94. The van der Waals surface area contributed by atoms with Gasteiger partial charge in [-0.05, 0) is 31.0 Å². The highest BCUT2D eigenvalue weighted by atomic mass is 16.3. The molecule has 3 aromatic rings. The normalized spacial score (nSPS) is 12.4. The monoisotopic (exact) mass is 340 g/mol. The Morgan fingerprint density at radius 1 is 1.24 bits per heavy atom. The average molecular weight is 340 g/mol. The Bertz CT molecular complexity index is 811. The lowest BCUT2D eigenvalue weighted by Gasteiger charge is -2.19. The molecule has 1 unspecified atom stereocenters. The number of aliphatic hydroxyl groups excluding tert-OH is 1. The summed E-state index contributed by atoms with van der Waals surface area (Å²) in [5.41, 5.74) is 8.54. The first-order valence-electron chi connectivity index (χ1n) is 8.61. The Hall–Kier alpha value is -2.67. The highest BCUT2D eigenvalue weighted by molar-refractivity contribution is 5.87. The summed E-state index contributed by atoms with van der Waals surface area (Å²) in [7, 11) is 0. The van der Waals surface area contributed by atoms with Gasteiger partial charge in [-0.25, -0.2) is 4.98 Å². The van der Waals surface area contributed by atoms with Gasteiger partial charge < -0.3 is 20.7 Å². The van der Waals surface area contributed by atoms with E-state index < -0.39 is 0 Å². The Labute approximate surface area is 146 Å². The molecule has 3 heterocycles. The lowest BCUT2D eigenvalue weighted by Crippen LogP contribution is -2.22. The summed E-state index contributed by atoms with van der Waals surface area (Å²) >= 11 is 0. The Morgan fingerprint density at radius 2 is 2.12 bits per heavy atom. The summed E-state index contributed by atoms with van der Waals surface area (Å²) in [6.45, 7) is 2.89. The van der Waals surface area contributed by atoms with Gasteiger partial charge >= 0.3 is 0 Å². The Balaban J connectivity index is 1.97. The Kier molecular flexibility index (Phi) is 5.45. The molecule has 4 N–H and O–H groups in total. The third-order valence-electron chi connectivity index (χ3n) is 4.14. The van der Waals surface area contributed by atoms with Crippen LogP contribution in [0.25, 0.3) is 11.0 Å². The largest absolute Gasteiger partial charge is 0.396 e. The molecule has 1 atom stereocenters. The van der Waals surface area contributed by atoms with Crippen molar-refractivity contribution in [3.8, 4) is 0 Å². The lowest BCUT2D eigenvalue weighted by atomic mass is 10.1. The second-order valence-electron chi connectivity index (χ2n) is 6.07. The molecule has 132 valence electrons. The first kappa shape index (κ1) is 17.2. The van der Waals surface area contributed by atoms with Crippen LogP contribution in [0, 0.1) is 0 Å². The van der Waals surface area contributed by atoms with E-state index in [0.717, 1.165) is 29.6 Å². The lowest BCUT2D eigenvalue weighted by molar-refractivity contribution is 0.276. The molecular formula is C18H24N6O. The molecule has 0 aromatic carbocycles. The number of aromatic nitrogens is 4. The second-order valence-corrected chi connectivity index (χ2v) is 6.07. The average Bonchev–Trinajstić information content (AvgIpc) is 2.99. The maximum absolute atomic E-state index is 9.31. The quantitative estimate of drug-likeness (QED) is 0.582. The predicted octanol–water partition coefficient (Wildman–Crippen LogP) is 2.42. The summed E-state index contributed by atoms with van der Waals surface area (Å²) in [6.07, 6.45) is 6.40.